The molecule has 0 bridgehead atoms. The van der Waals surface area contributed by atoms with E-state index >= 15 is 0 Å². The molecule has 96 valence electrons. The molecule has 1 rings (SSSR count). The molecule has 0 spiro atoms. The number of hydrogen-bond acceptors (Lipinski definition) is 4. The SMILES string of the molecule is CC(C)OCC(O)CNCC1(C)CCCO1. The molecular weight excluding hydrogens is 206 g/mol. The Morgan fingerprint density at radius 2 is 2.25 bits per heavy atom. The Morgan fingerprint density at radius 1 is 1.50 bits per heavy atom. The molecule has 4 heteroatoms. The van der Waals surface area contributed by atoms with Crippen molar-refractivity contribution < 1.29 is 14.6 Å². The molecule has 2 atom stereocenters. The first-order valence-electron chi connectivity index (χ1n) is 6.16. The van der Waals surface area contributed by atoms with Gasteiger partial charge in [-0.1, -0.05) is 0 Å². The molecule has 2 N–H and O–H groups in total. The van der Waals surface area contributed by atoms with Crippen LogP contribution in [0.3, 0.4) is 0 Å². The summed E-state index contributed by atoms with van der Waals surface area (Å²) in [5.74, 6) is 0. The fourth-order valence-electron chi connectivity index (χ4n) is 1.84. The van der Waals surface area contributed by atoms with Crippen LogP contribution in [0.25, 0.3) is 0 Å². The summed E-state index contributed by atoms with van der Waals surface area (Å²) in [6, 6.07) is 0. The molecule has 1 aliphatic rings. The Bertz CT molecular complexity index is 191. The minimum Gasteiger partial charge on any atom is -0.389 e. The van der Waals surface area contributed by atoms with Crippen molar-refractivity contribution in [3.05, 3.63) is 0 Å². The monoisotopic (exact) mass is 231 g/mol. The first-order valence-corrected chi connectivity index (χ1v) is 6.16. The van der Waals surface area contributed by atoms with Crippen LogP contribution in [0.1, 0.15) is 33.6 Å². The van der Waals surface area contributed by atoms with Crippen molar-refractivity contribution in [1.29, 1.82) is 0 Å². The molecule has 1 aliphatic heterocycles. The molecule has 0 aromatic carbocycles. The van der Waals surface area contributed by atoms with Crippen molar-refractivity contribution in [2.45, 2.75) is 51.4 Å². The van der Waals surface area contributed by atoms with Crippen molar-refractivity contribution in [2.75, 3.05) is 26.3 Å². The van der Waals surface area contributed by atoms with E-state index in [2.05, 4.69) is 12.2 Å². The highest BCUT2D eigenvalue weighted by molar-refractivity contribution is 4.82. The number of ether oxygens (including phenoxy) is 2. The van der Waals surface area contributed by atoms with Crippen LogP contribution in [0.15, 0.2) is 0 Å². The van der Waals surface area contributed by atoms with Gasteiger partial charge in [0, 0.05) is 19.7 Å². The summed E-state index contributed by atoms with van der Waals surface area (Å²) in [5.41, 5.74) is -0.0430. The van der Waals surface area contributed by atoms with Crippen LogP contribution in [0.4, 0.5) is 0 Å². The van der Waals surface area contributed by atoms with Crippen molar-refractivity contribution in [3.63, 3.8) is 0 Å². The molecular formula is C12H25NO3. The highest BCUT2D eigenvalue weighted by atomic mass is 16.5. The predicted molar refractivity (Wildman–Crippen MR) is 63.6 cm³/mol. The number of aliphatic hydroxyl groups is 1. The van der Waals surface area contributed by atoms with Crippen molar-refractivity contribution in [3.8, 4) is 0 Å². The van der Waals surface area contributed by atoms with Gasteiger partial charge in [-0.15, -0.1) is 0 Å². The zero-order chi connectivity index (χ0) is 12.0. The summed E-state index contributed by atoms with van der Waals surface area (Å²) in [7, 11) is 0. The average molecular weight is 231 g/mol. The maximum Gasteiger partial charge on any atom is 0.0897 e. The second kappa shape index (κ2) is 6.55. The summed E-state index contributed by atoms with van der Waals surface area (Å²) >= 11 is 0. The Labute approximate surface area is 98.3 Å². The smallest absolute Gasteiger partial charge is 0.0897 e. The van der Waals surface area contributed by atoms with Gasteiger partial charge in [-0.3, -0.25) is 0 Å². The molecule has 0 saturated carbocycles. The van der Waals surface area contributed by atoms with Gasteiger partial charge in [-0.2, -0.15) is 0 Å². The molecule has 0 aliphatic carbocycles. The Kier molecular flexibility index (Phi) is 5.69. The first-order chi connectivity index (χ1) is 7.52. The number of rotatable bonds is 7. The van der Waals surface area contributed by atoms with Crippen LogP contribution in [0.5, 0.6) is 0 Å². The van der Waals surface area contributed by atoms with Gasteiger partial charge in [0.15, 0.2) is 0 Å². The normalized spacial score (nSPS) is 27.6. The maximum absolute atomic E-state index is 9.63. The van der Waals surface area contributed by atoms with Gasteiger partial charge in [0.05, 0.1) is 24.4 Å². The Balaban J connectivity index is 2.05. The van der Waals surface area contributed by atoms with E-state index in [1.165, 1.54) is 0 Å². The fraction of sp³-hybridized carbons (Fsp3) is 1.00. The molecule has 1 heterocycles. The van der Waals surface area contributed by atoms with Crippen LogP contribution < -0.4 is 5.32 Å². The van der Waals surface area contributed by atoms with E-state index < -0.39 is 6.10 Å². The third kappa shape index (κ3) is 5.25. The molecule has 0 amide bonds. The van der Waals surface area contributed by atoms with Crippen LogP contribution in [-0.4, -0.2) is 49.2 Å². The standard InChI is InChI=1S/C12H25NO3/c1-10(2)15-8-11(14)7-13-9-12(3)5-4-6-16-12/h10-11,13-14H,4-9H2,1-3H3. The molecule has 1 saturated heterocycles. The van der Waals surface area contributed by atoms with Crippen molar-refractivity contribution in [2.24, 2.45) is 0 Å². The van der Waals surface area contributed by atoms with Crippen molar-refractivity contribution >= 4 is 0 Å². The minimum atomic E-state index is -0.438. The summed E-state index contributed by atoms with van der Waals surface area (Å²) < 4.78 is 11.0. The average Bonchev–Trinajstić information content (AvgIpc) is 2.62. The van der Waals surface area contributed by atoms with Crippen LogP contribution in [0.2, 0.25) is 0 Å². The zero-order valence-electron chi connectivity index (χ0n) is 10.7. The summed E-state index contributed by atoms with van der Waals surface area (Å²) in [6.45, 7) is 8.65. The highest BCUT2D eigenvalue weighted by Crippen LogP contribution is 2.23. The zero-order valence-corrected chi connectivity index (χ0v) is 10.7. The number of nitrogens with one attached hydrogen (secondary N) is 1. The lowest BCUT2D eigenvalue weighted by Crippen LogP contribution is -2.41. The van der Waals surface area contributed by atoms with E-state index in [0.29, 0.717) is 13.2 Å². The predicted octanol–water partition coefficient (Wildman–Crippen LogP) is 0.931. The van der Waals surface area contributed by atoms with Gasteiger partial charge in [0.2, 0.25) is 0 Å². The Morgan fingerprint density at radius 3 is 2.81 bits per heavy atom. The van der Waals surface area contributed by atoms with Gasteiger partial charge in [0.1, 0.15) is 0 Å². The summed E-state index contributed by atoms with van der Waals surface area (Å²) in [4.78, 5) is 0. The van der Waals surface area contributed by atoms with Gasteiger partial charge < -0.3 is 19.9 Å². The second-order valence-electron chi connectivity index (χ2n) is 5.07. The topological polar surface area (TPSA) is 50.7 Å². The largest absolute Gasteiger partial charge is 0.389 e. The van der Waals surface area contributed by atoms with Gasteiger partial charge in [0.25, 0.3) is 0 Å². The molecule has 0 radical (unpaired) electrons. The molecule has 0 aromatic rings. The van der Waals surface area contributed by atoms with E-state index in [-0.39, 0.29) is 11.7 Å². The van der Waals surface area contributed by atoms with Crippen LogP contribution in [0, 0.1) is 0 Å². The summed E-state index contributed by atoms with van der Waals surface area (Å²) in [5, 5.41) is 12.9. The van der Waals surface area contributed by atoms with Gasteiger partial charge >= 0.3 is 0 Å². The molecule has 16 heavy (non-hydrogen) atoms. The minimum absolute atomic E-state index is 0.0430. The van der Waals surface area contributed by atoms with Crippen LogP contribution in [-0.2, 0) is 9.47 Å². The van der Waals surface area contributed by atoms with Crippen molar-refractivity contribution in [1.82, 2.24) is 5.32 Å². The third-order valence-electron chi connectivity index (χ3n) is 2.80. The maximum atomic E-state index is 9.63. The quantitative estimate of drug-likeness (QED) is 0.684. The third-order valence-corrected chi connectivity index (χ3v) is 2.80. The fourth-order valence-corrected chi connectivity index (χ4v) is 1.84. The second-order valence-corrected chi connectivity index (χ2v) is 5.07. The van der Waals surface area contributed by atoms with E-state index in [1.807, 2.05) is 13.8 Å². The first kappa shape index (κ1) is 13.9. The van der Waals surface area contributed by atoms with Gasteiger partial charge in [-0.05, 0) is 33.6 Å². The highest BCUT2D eigenvalue weighted by Gasteiger charge is 2.29. The molecule has 1 fully saturated rings. The molecule has 4 nitrogen and oxygen atoms in total. The number of hydrogen-bond donors (Lipinski definition) is 2. The van der Waals surface area contributed by atoms with E-state index in [4.69, 9.17) is 9.47 Å². The van der Waals surface area contributed by atoms with E-state index in [1.54, 1.807) is 0 Å². The van der Waals surface area contributed by atoms with E-state index in [0.717, 1.165) is 26.0 Å². The van der Waals surface area contributed by atoms with Gasteiger partial charge in [-0.25, -0.2) is 0 Å². The molecule has 0 aromatic heterocycles. The molecule has 2 unspecified atom stereocenters. The lowest BCUT2D eigenvalue weighted by atomic mass is 10.0. The Hall–Kier alpha value is -0.160. The summed E-state index contributed by atoms with van der Waals surface area (Å²) in [6.07, 6.45) is 1.97. The van der Waals surface area contributed by atoms with E-state index in [9.17, 15) is 5.11 Å². The lowest BCUT2D eigenvalue weighted by Gasteiger charge is -2.24. The van der Waals surface area contributed by atoms with Crippen LogP contribution >= 0.6 is 0 Å². The number of aliphatic hydroxyl groups excluding tert-OH is 1. The lowest BCUT2D eigenvalue weighted by molar-refractivity contribution is -0.00288.